The van der Waals surface area contributed by atoms with Crippen LogP contribution in [0.1, 0.15) is 31.2 Å². The van der Waals surface area contributed by atoms with E-state index >= 15 is 0 Å². The average molecular weight is 340 g/mol. The summed E-state index contributed by atoms with van der Waals surface area (Å²) >= 11 is 0. The van der Waals surface area contributed by atoms with E-state index < -0.39 is 0 Å². The van der Waals surface area contributed by atoms with Gasteiger partial charge in [-0.2, -0.15) is 4.68 Å². The molecule has 2 fully saturated rings. The van der Waals surface area contributed by atoms with E-state index in [0.29, 0.717) is 18.4 Å². The lowest BCUT2D eigenvalue weighted by Crippen LogP contribution is -2.44. The minimum absolute atomic E-state index is 0.00988. The van der Waals surface area contributed by atoms with Crippen molar-refractivity contribution < 1.29 is 4.79 Å². The Labute approximate surface area is 147 Å². The Bertz CT molecular complexity index is 736. The van der Waals surface area contributed by atoms with Gasteiger partial charge in [0.05, 0.1) is 11.6 Å². The molecule has 1 saturated carbocycles. The third kappa shape index (κ3) is 3.65. The SMILES string of the molecule is Cc1ccc(-n2nnnc2N2CCCC(C(=O)NCC3CC3)C2)cc1. The Kier molecular flexibility index (Phi) is 4.38. The number of carbonyl (C=O) groups excluding carboxylic acids is 1. The molecule has 2 aliphatic rings. The van der Waals surface area contributed by atoms with Crippen molar-refractivity contribution in [3.05, 3.63) is 29.8 Å². The second-order valence-electron chi connectivity index (χ2n) is 7.20. The molecule has 4 rings (SSSR count). The van der Waals surface area contributed by atoms with Gasteiger partial charge in [0.15, 0.2) is 0 Å². The van der Waals surface area contributed by atoms with Crippen molar-refractivity contribution in [3.63, 3.8) is 0 Å². The molecule has 1 aliphatic heterocycles. The number of carbonyl (C=O) groups is 1. The lowest BCUT2D eigenvalue weighted by molar-refractivity contribution is -0.125. The molecule has 1 aromatic heterocycles. The minimum Gasteiger partial charge on any atom is -0.356 e. The number of hydrogen-bond acceptors (Lipinski definition) is 5. The van der Waals surface area contributed by atoms with Crippen molar-refractivity contribution in [3.8, 4) is 5.69 Å². The third-order valence-electron chi connectivity index (χ3n) is 5.07. The number of hydrogen-bond donors (Lipinski definition) is 1. The molecule has 2 heterocycles. The summed E-state index contributed by atoms with van der Waals surface area (Å²) in [6.07, 6.45) is 4.41. The van der Waals surface area contributed by atoms with Crippen molar-refractivity contribution in [2.75, 3.05) is 24.5 Å². The summed E-state index contributed by atoms with van der Waals surface area (Å²) in [6, 6.07) is 8.12. The number of rotatable bonds is 5. The van der Waals surface area contributed by atoms with Gasteiger partial charge in [0.25, 0.3) is 0 Å². The van der Waals surface area contributed by atoms with Crippen LogP contribution < -0.4 is 10.2 Å². The molecule has 0 bridgehead atoms. The standard InChI is InChI=1S/C18H24N6O/c1-13-4-8-16(9-5-13)24-18(20-21-22-24)23-10-2-3-15(12-23)17(25)19-11-14-6-7-14/h4-5,8-9,14-15H,2-3,6-7,10-12H2,1H3,(H,19,25). The Morgan fingerprint density at radius 3 is 2.80 bits per heavy atom. The molecule has 1 aliphatic carbocycles. The van der Waals surface area contributed by atoms with Crippen LogP contribution in [0.4, 0.5) is 5.95 Å². The summed E-state index contributed by atoms with van der Waals surface area (Å²) in [5, 5.41) is 15.3. The van der Waals surface area contributed by atoms with Gasteiger partial charge in [-0.3, -0.25) is 4.79 Å². The van der Waals surface area contributed by atoms with Gasteiger partial charge in [-0.05, 0) is 61.1 Å². The molecule has 0 spiro atoms. The second kappa shape index (κ2) is 6.82. The Hall–Kier alpha value is -2.44. The Balaban J connectivity index is 1.47. The highest BCUT2D eigenvalue weighted by Crippen LogP contribution is 2.28. The molecule has 1 saturated heterocycles. The molecule has 2 aromatic rings. The molecule has 1 N–H and O–H groups in total. The van der Waals surface area contributed by atoms with E-state index in [1.54, 1.807) is 4.68 Å². The number of aromatic nitrogens is 4. The van der Waals surface area contributed by atoms with Crippen molar-refractivity contribution in [1.29, 1.82) is 0 Å². The molecule has 132 valence electrons. The second-order valence-corrected chi connectivity index (χ2v) is 7.20. The van der Waals surface area contributed by atoms with Crippen LogP contribution in [0.5, 0.6) is 0 Å². The minimum atomic E-state index is 0.00988. The Morgan fingerprint density at radius 1 is 1.24 bits per heavy atom. The van der Waals surface area contributed by atoms with Gasteiger partial charge in [-0.15, -0.1) is 0 Å². The topological polar surface area (TPSA) is 75.9 Å². The van der Waals surface area contributed by atoms with Crippen LogP contribution in [0.15, 0.2) is 24.3 Å². The fraction of sp³-hybridized carbons (Fsp3) is 0.556. The molecule has 25 heavy (non-hydrogen) atoms. The first-order chi connectivity index (χ1) is 12.2. The highest BCUT2D eigenvalue weighted by molar-refractivity contribution is 5.79. The largest absolute Gasteiger partial charge is 0.356 e. The maximum absolute atomic E-state index is 12.4. The van der Waals surface area contributed by atoms with E-state index in [0.717, 1.165) is 31.6 Å². The van der Waals surface area contributed by atoms with E-state index in [1.807, 2.05) is 24.3 Å². The number of amides is 1. The van der Waals surface area contributed by atoms with Crippen molar-refractivity contribution in [2.45, 2.75) is 32.6 Å². The predicted octanol–water partition coefficient (Wildman–Crippen LogP) is 1.71. The zero-order valence-corrected chi connectivity index (χ0v) is 14.6. The first-order valence-electron chi connectivity index (χ1n) is 9.09. The fourth-order valence-electron chi connectivity index (χ4n) is 3.32. The van der Waals surface area contributed by atoms with E-state index in [4.69, 9.17) is 0 Å². The molecular formula is C18H24N6O. The lowest BCUT2D eigenvalue weighted by Gasteiger charge is -2.32. The average Bonchev–Trinajstić information content (AvgIpc) is 3.35. The van der Waals surface area contributed by atoms with Gasteiger partial charge in [0.1, 0.15) is 0 Å². The molecular weight excluding hydrogens is 316 g/mol. The molecule has 1 aromatic carbocycles. The van der Waals surface area contributed by atoms with E-state index in [9.17, 15) is 4.79 Å². The Morgan fingerprint density at radius 2 is 2.04 bits per heavy atom. The van der Waals surface area contributed by atoms with Gasteiger partial charge in [-0.25, -0.2) is 0 Å². The summed E-state index contributed by atoms with van der Waals surface area (Å²) in [4.78, 5) is 14.6. The highest BCUT2D eigenvalue weighted by Gasteiger charge is 2.30. The summed E-state index contributed by atoms with van der Waals surface area (Å²) in [6.45, 7) is 4.43. The van der Waals surface area contributed by atoms with Crippen molar-refractivity contribution in [1.82, 2.24) is 25.5 Å². The van der Waals surface area contributed by atoms with Gasteiger partial charge in [-0.1, -0.05) is 22.8 Å². The molecule has 0 radical (unpaired) electrons. The summed E-state index contributed by atoms with van der Waals surface area (Å²) in [5.74, 6) is 1.60. The maximum Gasteiger partial charge on any atom is 0.250 e. The molecule has 7 heteroatoms. The van der Waals surface area contributed by atoms with E-state index in [2.05, 4.69) is 32.7 Å². The number of anilines is 1. The monoisotopic (exact) mass is 340 g/mol. The van der Waals surface area contributed by atoms with E-state index in [1.165, 1.54) is 18.4 Å². The quantitative estimate of drug-likeness (QED) is 0.897. The lowest BCUT2D eigenvalue weighted by atomic mass is 9.97. The number of piperidine rings is 1. The predicted molar refractivity (Wildman–Crippen MR) is 94.6 cm³/mol. The van der Waals surface area contributed by atoms with Crippen molar-refractivity contribution in [2.24, 2.45) is 11.8 Å². The van der Waals surface area contributed by atoms with Crippen LogP contribution >= 0.6 is 0 Å². The zero-order valence-electron chi connectivity index (χ0n) is 14.6. The van der Waals surface area contributed by atoms with Crippen molar-refractivity contribution >= 4 is 11.9 Å². The van der Waals surface area contributed by atoms with E-state index in [-0.39, 0.29) is 11.8 Å². The molecule has 7 nitrogen and oxygen atoms in total. The normalized spacial score (nSPS) is 20.5. The summed E-state index contributed by atoms with van der Waals surface area (Å²) in [7, 11) is 0. The first-order valence-corrected chi connectivity index (χ1v) is 9.09. The number of aryl methyl sites for hydroxylation is 1. The smallest absolute Gasteiger partial charge is 0.250 e. The number of nitrogens with zero attached hydrogens (tertiary/aromatic N) is 5. The molecule has 1 amide bonds. The highest BCUT2D eigenvalue weighted by atomic mass is 16.1. The van der Waals surface area contributed by atoms with Crippen LogP contribution in [0, 0.1) is 18.8 Å². The summed E-state index contributed by atoms with van der Waals surface area (Å²) in [5.41, 5.74) is 2.13. The summed E-state index contributed by atoms with van der Waals surface area (Å²) < 4.78 is 1.75. The fourth-order valence-corrected chi connectivity index (χ4v) is 3.32. The van der Waals surface area contributed by atoms with Crippen LogP contribution in [0.3, 0.4) is 0 Å². The van der Waals surface area contributed by atoms with Gasteiger partial charge >= 0.3 is 0 Å². The first kappa shape index (κ1) is 16.1. The molecule has 1 unspecified atom stereocenters. The van der Waals surface area contributed by atoms with Crippen LogP contribution in [-0.4, -0.2) is 45.7 Å². The maximum atomic E-state index is 12.4. The number of nitrogens with one attached hydrogen (secondary N) is 1. The van der Waals surface area contributed by atoms with Gasteiger partial charge in [0, 0.05) is 19.6 Å². The number of tetrazole rings is 1. The van der Waals surface area contributed by atoms with Crippen LogP contribution in [-0.2, 0) is 4.79 Å². The third-order valence-corrected chi connectivity index (χ3v) is 5.07. The van der Waals surface area contributed by atoms with Crippen LogP contribution in [0.2, 0.25) is 0 Å². The zero-order chi connectivity index (χ0) is 17.2. The number of benzene rings is 1. The van der Waals surface area contributed by atoms with Gasteiger partial charge in [0.2, 0.25) is 11.9 Å². The molecule has 1 atom stereocenters. The van der Waals surface area contributed by atoms with Gasteiger partial charge < -0.3 is 10.2 Å². The van der Waals surface area contributed by atoms with Crippen LogP contribution in [0.25, 0.3) is 5.69 Å².